The third-order valence-corrected chi connectivity index (χ3v) is 12.5. The number of hydrogen-bond donors (Lipinski definition) is 0. The molecule has 0 N–H and O–H groups in total. The molecule has 0 spiro atoms. The largest absolute Gasteiger partial charge is 0.377 e. The molecule has 0 amide bonds. The van der Waals surface area contributed by atoms with Gasteiger partial charge in [-0.05, 0) is 33.4 Å². The summed E-state index contributed by atoms with van der Waals surface area (Å²) in [6, 6.07) is 60.2. The molecule has 12 nitrogen and oxygen atoms in total. The van der Waals surface area contributed by atoms with Gasteiger partial charge < -0.3 is 56.8 Å². The van der Waals surface area contributed by atoms with Crippen LogP contribution < -0.4 is 0 Å². The number of hydrogen-bond acceptors (Lipinski definition) is 12. The lowest BCUT2D eigenvalue weighted by molar-refractivity contribution is -0.398. The van der Waals surface area contributed by atoms with E-state index >= 15 is 0 Å². The Morgan fingerprint density at radius 1 is 0.357 bits per heavy atom. The van der Waals surface area contributed by atoms with Crippen LogP contribution in [0.15, 0.2) is 182 Å². The van der Waals surface area contributed by atoms with Gasteiger partial charge in [0.2, 0.25) is 5.79 Å². The van der Waals surface area contributed by atoms with Crippen LogP contribution in [-0.2, 0) is 96.5 Å². The van der Waals surface area contributed by atoms with Gasteiger partial charge in [0.25, 0.3) is 0 Å². The van der Waals surface area contributed by atoms with E-state index in [1.165, 1.54) is 0 Å². The lowest BCUT2D eigenvalue weighted by Crippen LogP contribution is -2.65. The average molecular weight is 953 g/mol. The molecule has 0 radical (unpaired) electrons. The highest BCUT2D eigenvalue weighted by molar-refractivity contribution is 5.18. The van der Waals surface area contributed by atoms with E-state index in [0.717, 1.165) is 33.4 Å². The molecule has 0 saturated carbocycles. The SMILES string of the molecule is c1ccc(COC[C@@]23O[C@H]4O[C@H](COCCOCCOC[C@@H](O2)[C@H](OCc2ccccc2)[C@@H]3OCc2ccccc2)[C@H](OCc2ccccc2)[C@H](OCc2ccccc2)[C@H]4OCc2ccccc2)cc1. The summed E-state index contributed by atoms with van der Waals surface area (Å²) in [6.45, 7) is 3.06. The van der Waals surface area contributed by atoms with Crippen molar-refractivity contribution in [2.45, 2.75) is 94.4 Å². The zero-order valence-corrected chi connectivity index (χ0v) is 39.5. The Bertz CT molecular complexity index is 2350. The molecule has 6 aromatic rings. The third kappa shape index (κ3) is 14.0. The second-order valence-electron chi connectivity index (χ2n) is 17.6. The topological polar surface area (TPSA) is 111 Å². The van der Waals surface area contributed by atoms with Crippen molar-refractivity contribution in [3.8, 4) is 0 Å². The Hall–Kier alpha value is -5.16. The molecule has 70 heavy (non-hydrogen) atoms. The van der Waals surface area contributed by atoms with E-state index < -0.39 is 54.8 Å². The van der Waals surface area contributed by atoms with Crippen molar-refractivity contribution in [3.63, 3.8) is 0 Å². The summed E-state index contributed by atoms with van der Waals surface area (Å²) in [5, 5.41) is 0. The highest BCUT2D eigenvalue weighted by Crippen LogP contribution is 2.42. The van der Waals surface area contributed by atoms with Crippen LogP contribution in [0.4, 0.5) is 0 Å². The molecule has 9 atom stereocenters. The van der Waals surface area contributed by atoms with E-state index in [0.29, 0.717) is 26.4 Å². The number of ether oxygens (including phenoxy) is 12. The van der Waals surface area contributed by atoms with E-state index in [1.807, 2.05) is 182 Å². The maximum atomic E-state index is 7.55. The zero-order valence-electron chi connectivity index (χ0n) is 39.5. The van der Waals surface area contributed by atoms with E-state index in [4.69, 9.17) is 56.8 Å². The van der Waals surface area contributed by atoms with Crippen molar-refractivity contribution in [3.05, 3.63) is 215 Å². The summed E-state index contributed by atoms with van der Waals surface area (Å²) in [5.74, 6) is -1.67. The van der Waals surface area contributed by atoms with Gasteiger partial charge in [0.05, 0.1) is 79.3 Å². The fourth-order valence-corrected chi connectivity index (χ4v) is 8.95. The number of fused-ring (bicyclic) bond motifs is 4. The lowest BCUT2D eigenvalue weighted by atomic mass is 9.97. The van der Waals surface area contributed by atoms with Crippen LogP contribution >= 0.6 is 0 Å². The minimum absolute atomic E-state index is 0.0813. The molecule has 6 aromatic carbocycles. The summed E-state index contributed by atoms with van der Waals surface area (Å²) in [4.78, 5) is 0. The zero-order chi connectivity index (χ0) is 47.5. The van der Waals surface area contributed by atoms with E-state index in [2.05, 4.69) is 0 Å². The van der Waals surface area contributed by atoms with E-state index in [9.17, 15) is 0 Å². The highest BCUT2D eigenvalue weighted by atomic mass is 16.8. The molecule has 3 fully saturated rings. The summed E-state index contributed by atoms with van der Waals surface area (Å²) in [5.41, 5.74) is 5.86. The van der Waals surface area contributed by atoms with Crippen LogP contribution in [0.2, 0.25) is 0 Å². The second kappa shape index (κ2) is 26.3. The van der Waals surface area contributed by atoms with Crippen molar-refractivity contribution < 1.29 is 56.8 Å². The predicted octanol–water partition coefficient (Wildman–Crippen LogP) is 9.03. The minimum Gasteiger partial charge on any atom is -0.377 e. The fraction of sp³-hybridized carbons (Fsp3) is 0.379. The molecule has 0 aromatic heterocycles. The first-order valence-electron chi connectivity index (χ1n) is 24.3. The molecule has 3 heterocycles. The second-order valence-corrected chi connectivity index (χ2v) is 17.6. The fourth-order valence-electron chi connectivity index (χ4n) is 8.95. The van der Waals surface area contributed by atoms with Crippen LogP contribution in [0.25, 0.3) is 0 Å². The smallest absolute Gasteiger partial charge is 0.224 e. The molecule has 0 unspecified atom stereocenters. The van der Waals surface area contributed by atoms with Crippen LogP contribution in [0.3, 0.4) is 0 Å². The number of rotatable bonds is 19. The molecule has 4 bridgehead atoms. The molecule has 0 aliphatic carbocycles. The first-order valence-corrected chi connectivity index (χ1v) is 24.3. The number of benzene rings is 6. The van der Waals surface area contributed by atoms with Gasteiger partial charge in [0.15, 0.2) is 6.29 Å². The van der Waals surface area contributed by atoms with Crippen molar-refractivity contribution in [1.29, 1.82) is 0 Å². The van der Waals surface area contributed by atoms with Gasteiger partial charge >= 0.3 is 0 Å². The van der Waals surface area contributed by atoms with Gasteiger partial charge in [-0.15, -0.1) is 0 Å². The lowest BCUT2D eigenvalue weighted by Gasteiger charge is -2.48. The highest BCUT2D eigenvalue weighted by Gasteiger charge is 2.62. The van der Waals surface area contributed by atoms with E-state index in [1.54, 1.807) is 0 Å². The third-order valence-electron chi connectivity index (χ3n) is 12.5. The van der Waals surface area contributed by atoms with E-state index in [-0.39, 0.29) is 59.5 Å². The Morgan fingerprint density at radius 2 is 0.729 bits per heavy atom. The molecular weight excluding hydrogens is 889 g/mol. The molecule has 3 aliphatic rings. The van der Waals surface area contributed by atoms with Crippen LogP contribution in [0, 0.1) is 0 Å². The Labute approximate surface area is 411 Å². The summed E-state index contributed by atoms with van der Waals surface area (Å²) < 4.78 is 82.5. The molecular formula is C58H64O12. The van der Waals surface area contributed by atoms with Crippen LogP contribution in [0.5, 0.6) is 0 Å². The monoisotopic (exact) mass is 952 g/mol. The van der Waals surface area contributed by atoms with Crippen molar-refractivity contribution >= 4 is 0 Å². The molecule has 368 valence electrons. The standard InChI is InChI=1S/C58H64O12/c1-7-19-44(20-8-1)35-62-43-58-56(67-40-49-29-17-6-18-30-49)53(64-37-46-23-11-3-12-24-46)51(69-58)42-61-34-32-59-31-33-60-41-50-52(63-36-45-21-9-2-10-22-45)54(65-38-47-25-13-4-14-26-47)55(57(68-50)70-58)66-39-48-27-15-5-16-28-48/h1-30,50-57H,31-43H2/t50-,51-,52+,53+,54+,55-,56+,57-,58+/m1/s1. The van der Waals surface area contributed by atoms with Gasteiger partial charge in [-0.25, -0.2) is 0 Å². The van der Waals surface area contributed by atoms with Crippen LogP contribution in [0.1, 0.15) is 33.4 Å². The maximum absolute atomic E-state index is 7.55. The quantitative estimate of drug-likeness (QED) is 0.0773. The molecule has 9 rings (SSSR count). The van der Waals surface area contributed by atoms with Crippen LogP contribution in [-0.4, -0.2) is 101 Å². The van der Waals surface area contributed by atoms with Gasteiger partial charge in [-0.2, -0.15) is 0 Å². The first kappa shape index (κ1) is 49.8. The van der Waals surface area contributed by atoms with Crippen molar-refractivity contribution in [2.75, 3.05) is 46.2 Å². The molecule has 3 aliphatic heterocycles. The van der Waals surface area contributed by atoms with Crippen molar-refractivity contribution in [2.24, 2.45) is 0 Å². The van der Waals surface area contributed by atoms with Gasteiger partial charge in [-0.1, -0.05) is 182 Å². The summed E-state index contributed by atoms with van der Waals surface area (Å²) >= 11 is 0. The maximum Gasteiger partial charge on any atom is 0.224 e. The minimum atomic E-state index is -1.67. The average Bonchev–Trinajstić information content (AvgIpc) is 3.69. The normalized spacial score (nSPS) is 26.4. The van der Waals surface area contributed by atoms with Gasteiger partial charge in [-0.3, -0.25) is 0 Å². The Balaban J connectivity index is 1.14. The first-order chi connectivity index (χ1) is 34.7. The molecule has 12 heteroatoms. The Kier molecular flexibility index (Phi) is 18.7. The summed E-state index contributed by atoms with van der Waals surface area (Å²) in [7, 11) is 0. The summed E-state index contributed by atoms with van der Waals surface area (Å²) in [6.07, 6.45) is -6.50. The van der Waals surface area contributed by atoms with Crippen molar-refractivity contribution in [1.82, 2.24) is 0 Å². The Morgan fingerprint density at radius 3 is 1.20 bits per heavy atom. The van der Waals surface area contributed by atoms with Gasteiger partial charge in [0, 0.05) is 0 Å². The molecule has 3 saturated heterocycles. The predicted molar refractivity (Wildman–Crippen MR) is 261 cm³/mol. The van der Waals surface area contributed by atoms with Gasteiger partial charge in [0.1, 0.15) is 49.3 Å².